The van der Waals surface area contributed by atoms with Gasteiger partial charge in [-0.05, 0) is 42.0 Å². The normalized spacial score (nSPS) is 10.6. The quantitative estimate of drug-likeness (QED) is 0.352. The summed E-state index contributed by atoms with van der Waals surface area (Å²) in [6.45, 7) is 1.80. The van der Waals surface area contributed by atoms with Crippen molar-refractivity contribution in [3.63, 3.8) is 0 Å². The average Bonchev–Trinajstić information content (AvgIpc) is 2.54. The molecule has 2 rings (SSSR count). The maximum Gasteiger partial charge on any atom is 0.336 e. The number of hydrogen-bond donors (Lipinski definition) is 0. The van der Waals surface area contributed by atoms with Crippen molar-refractivity contribution in [2.75, 3.05) is 0 Å². The Labute approximate surface area is 134 Å². The second kappa shape index (κ2) is 7.57. The molecule has 22 heavy (non-hydrogen) atoms. The van der Waals surface area contributed by atoms with Gasteiger partial charge in [0.25, 0.3) is 0 Å². The Morgan fingerprint density at radius 3 is 2.41 bits per heavy atom. The van der Waals surface area contributed by atoms with Gasteiger partial charge in [-0.3, -0.25) is 4.79 Å². The maximum atomic E-state index is 11.8. The number of carbonyl (C=O) groups is 2. The van der Waals surface area contributed by atoms with Crippen LogP contribution in [0.4, 0.5) is 0 Å². The lowest BCUT2D eigenvalue weighted by atomic mass is 10.1. The van der Waals surface area contributed by atoms with Crippen LogP contribution in [-0.2, 0) is 4.79 Å². The molecule has 0 N–H and O–H groups in total. The molecule has 0 radical (unpaired) electrons. The van der Waals surface area contributed by atoms with E-state index in [1.54, 1.807) is 49.4 Å². The molecule has 4 heteroatoms. The Balaban J connectivity index is 2.00. The molecule has 0 unspecified atom stereocenters. The summed E-state index contributed by atoms with van der Waals surface area (Å²) in [5.41, 5.74) is 1.35. The van der Waals surface area contributed by atoms with Crippen LogP contribution in [0.2, 0.25) is 5.02 Å². The van der Waals surface area contributed by atoms with Gasteiger partial charge in [0.15, 0.2) is 5.78 Å². The van der Waals surface area contributed by atoms with Gasteiger partial charge in [-0.1, -0.05) is 36.7 Å². The minimum Gasteiger partial charge on any atom is -0.423 e. The van der Waals surface area contributed by atoms with Crippen LogP contribution >= 0.6 is 11.6 Å². The molecule has 0 fully saturated rings. The highest BCUT2D eigenvalue weighted by atomic mass is 35.5. The molecule has 0 spiro atoms. The number of halogens is 1. The third-order valence-electron chi connectivity index (χ3n) is 3.02. The third kappa shape index (κ3) is 4.30. The van der Waals surface area contributed by atoms with E-state index in [4.69, 9.17) is 16.3 Å². The molecule has 0 heterocycles. The zero-order valence-electron chi connectivity index (χ0n) is 12.1. The van der Waals surface area contributed by atoms with Gasteiger partial charge < -0.3 is 4.74 Å². The highest BCUT2D eigenvalue weighted by molar-refractivity contribution is 6.32. The minimum absolute atomic E-state index is 0.0523. The van der Waals surface area contributed by atoms with Gasteiger partial charge in [-0.25, -0.2) is 4.79 Å². The summed E-state index contributed by atoms with van der Waals surface area (Å²) in [5, 5.41) is 0.564. The lowest BCUT2D eigenvalue weighted by Crippen LogP contribution is -2.04. The van der Waals surface area contributed by atoms with E-state index >= 15 is 0 Å². The first kappa shape index (κ1) is 16.0. The van der Waals surface area contributed by atoms with E-state index in [0.29, 0.717) is 22.8 Å². The van der Waals surface area contributed by atoms with Crippen LogP contribution < -0.4 is 4.74 Å². The van der Waals surface area contributed by atoms with Crippen molar-refractivity contribution in [2.24, 2.45) is 0 Å². The lowest BCUT2D eigenvalue weighted by Gasteiger charge is -2.03. The Morgan fingerprint density at radius 1 is 1.09 bits per heavy atom. The summed E-state index contributed by atoms with van der Waals surface area (Å²) in [5.74, 6) is -0.0626. The monoisotopic (exact) mass is 314 g/mol. The number of Topliss-reactive ketones (excluding diaryl/α,β-unsaturated/α-hetero) is 1. The summed E-state index contributed by atoms with van der Waals surface area (Å²) in [6, 6.07) is 13.7. The standard InChI is InChI=1S/C18H15ClO3/c1-2-17(20)14-7-10-15(11-8-14)22-18(21)12-9-13-5-3-4-6-16(13)19/h3-12H,2H2,1H3/b12-9+. The van der Waals surface area contributed by atoms with E-state index in [1.807, 2.05) is 12.1 Å². The van der Waals surface area contributed by atoms with E-state index in [2.05, 4.69) is 0 Å². The fourth-order valence-corrected chi connectivity index (χ4v) is 2.03. The van der Waals surface area contributed by atoms with Gasteiger partial charge in [-0.15, -0.1) is 0 Å². The Morgan fingerprint density at radius 2 is 1.77 bits per heavy atom. The second-order valence-electron chi connectivity index (χ2n) is 4.58. The molecule has 0 saturated carbocycles. The number of hydrogen-bond acceptors (Lipinski definition) is 3. The Kier molecular flexibility index (Phi) is 5.50. The highest BCUT2D eigenvalue weighted by Crippen LogP contribution is 2.17. The molecule has 0 saturated heterocycles. The molecule has 3 nitrogen and oxygen atoms in total. The predicted molar refractivity (Wildman–Crippen MR) is 87.2 cm³/mol. The first-order chi connectivity index (χ1) is 10.6. The van der Waals surface area contributed by atoms with Crippen LogP contribution in [0.5, 0.6) is 5.75 Å². The van der Waals surface area contributed by atoms with E-state index in [-0.39, 0.29) is 5.78 Å². The van der Waals surface area contributed by atoms with Crippen molar-refractivity contribution in [1.29, 1.82) is 0 Å². The second-order valence-corrected chi connectivity index (χ2v) is 4.98. The van der Waals surface area contributed by atoms with Crippen LogP contribution in [0.25, 0.3) is 6.08 Å². The summed E-state index contributed by atoms with van der Waals surface area (Å²) in [4.78, 5) is 23.3. The summed E-state index contributed by atoms with van der Waals surface area (Å²) in [7, 11) is 0. The molecular formula is C18H15ClO3. The molecule has 0 aliphatic carbocycles. The van der Waals surface area contributed by atoms with E-state index in [1.165, 1.54) is 6.08 Å². The number of benzene rings is 2. The first-order valence-electron chi connectivity index (χ1n) is 6.88. The molecule has 2 aromatic rings. The van der Waals surface area contributed by atoms with Gasteiger partial charge in [0.2, 0.25) is 0 Å². The average molecular weight is 315 g/mol. The van der Waals surface area contributed by atoms with Gasteiger partial charge in [0, 0.05) is 23.1 Å². The van der Waals surface area contributed by atoms with Gasteiger partial charge in [0.05, 0.1) is 0 Å². The fraction of sp³-hybridized carbons (Fsp3) is 0.111. The van der Waals surface area contributed by atoms with Gasteiger partial charge in [-0.2, -0.15) is 0 Å². The van der Waals surface area contributed by atoms with Crippen LogP contribution in [0.3, 0.4) is 0 Å². The molecular weight excluding hydrogens is 300 g/mol. The molecule has 0 atom stereocenters. The number of ether oxygens (including phenoxy) is 1. The summed E-state index contributed by atoms with van der Waals surface area (Å²) in [6.07, 6.45) is 3.35. The van der Waals surface area contributed by atoms with Crippen molar-refractivity contribution in [3.8, 4) is 5.75 Å². The number of rotatable bonds is 5. The van der Waals surface area contributed by atoms with Crippen LogP contribution in [0.15, 0.2) is 54.6 Å². The van der Waals surface area contributed by atoms with Crippen molar-refractivity contribution in [1.82, 2.24) is 0 Å². The predicted octanol–water partition coefficient (Wildman–Crippen LogP) is 4.55. The van der Waals surface area contributed by atoms with Gasteiger partial charge >= 0.3 is 5.97 Å². The van der Waals surface area contributed by atoms with Crippen molar-refractivity contribution < 1.29 is 14.3 Å². The number of ketones is 1. The zero-order valence-corrected chi connectivity index (χ0v) is 12.8. The van der Waals surface area contributed by atoms with E-state index in [9.17, 15) is 9.59 Å². The van der Waals surface area contributed by atoms with E-state index in [0.717, 1.165) is 5.56 Å². The van der Waals surface area contributed by atoms with Crippen LogP contribution in [-0.4, -0.2) is 11.8 Å². The Hall–Kier alpha value is -2.39. The molecule has 0 aromatic heterocycles. The molecule has 0 amide bonds. The van der Waals surface area contributed by atoms with Crippen LogP contribution in [0.1, 0.15) is 29.3 Å². The Bertz CT molecular complexity index is 703. The van der Waals surface area contributed by atoms with Crippen molar-refractivity contribution in [3.05, 3.63) is 70.8 Å². The SMILES string of the molecule is CCC(=O)c1ccc(OC(=O)/C=C/c2ccccc2Cl)cc1. The highest BCUT2D eigenvalue weighted by Gasteiger charge is 2.05. The summed E-state index contributed by atoms with van der Waals surface area (Å²) >= 11 is 5.99. The first-order valence-corrected chi connectivity index (χ1v) is 7.25. The topological polar surface area (TPSA) is 43.4 Å². The molecule has 0 aliphatic heterocycles. The largest absolute Gasteiger partial charge is 0.423 e. The van der Waals surface area contributed by atoms with Crippen LogP contribution in [0, 0.1) is 0 Å². The van der Waals surface area contributed by atoms with Crippen molar-refractivity contribution >= 4 is 29.4 Å². The van der Waals surface area contributed by atoms with Gasteiger partial charge in [0.1, 0.15) is 5.75 Å². The third-order valence-corrected chi connectivity index (χ3v) is 3.36. The molecule has 112 valence electrons. The lowest BCUT2D eigenvalue weighted by molar-refractivity contribution is -0.128. The molecule has 2 aromatic carbocycles. The maximum absolute atomic E-state index is 11.8. The smallest absolute Gasteiger partial charge is 0.336 e. The minimum atomic E-state index is -0.505. The number of esters is 1. The molecule has 0 bridgehead atoms. The zero-order chi connectivity index (χ0) is 15.9. The number of carbonyl (C=O) groups excluding carboxylic acids is 2. The van der Waals surface area contributed by atoms with E-state index < -0.39 is 5.97 Å². The summed E-state index contributed by atoms with van der Waals surface area (Å²) < 4.78 is 5.16. The van der Waals surface area contributed by atoms with Crippen molar-refractivity contribution in [2.45, 2.75) is 13.3 Å². The fourth-order valence-electron chi connectivity index (χ4n) is 1.83. The molecule has 0 aliphatic rings.